The van der Waals surface area contributed by atoms with Crippen molar-refractivity contribution in [1.82, 2.24) is 20.1 Å². The lowest BCUT2D eigenvalue weighted by molar-refractivity contribution is -0.131. The molecule has 2 aromatic rings. The van der Waals surface area contributed by atoms with E-state index in [0.717, 1.165) is 15.4 Å². The van der Waals surface area contributed by atoms with Crippen molar-refractivity contribution in [3.63, 3.8) is 0 Å². The van der Waals surface area contributed by atoms with Crippen LogP contribution < -0.4 is 10.9 Å². The summed E-state index contributed by atoms with van der Waals surface area (Å²) in [5.74, 6) is -1.92. The molecule has 0 aromatic heterocycles. The van der Waals surface area contributed by atoms with E-state index in [-0.39, 0.29) is 23.8 Å². The fourth-order valence-electron chi connectivity index (χ4n) is 3.35. The van der Waals surface area contributed by atoms with Gasteiger partial charge in [-0.25, -0.2) is 8.42 Å². The molecule has 0 unspecified atom stereocenters. The summed E-state index contributed by atoms with van der Waals surface area (Å²) in [5, 5.41) is 0. The van der Waals surface area contributed by atoms with Crippen molar-refractivity contribution >= 4 is 27.7 Å². The number of likely N-dealkylation sites (tertiary alicyclic amines) is 1. The molecule has 3 rings (SSSR count). The predicted molar refractivity (Wildman–Crippen MR) is 117 cm³/mol. The normalized spacial score (nSPS) is 16.3. The molecule has 1 aliphatic rings. The van der Waals surface area contributed by atoms with Crippen LogP contribution in [0, 0.1) is 12.8 Å². The summed E-state index contributed by atoms with van der Waals surface area (Å²) in [5.41, 5.74) is 6.40. The molecule has 10 heteroatoms. The van der Waals surface area contributed by atoms with E-state index in [9.17, 15) is 22.8 Å². The van der Waals surface area contributed by atoms with Crippen molar-refractivity contribution in [2.45, 2.75) is 24.8 Å². The van der Waals surface area contributed by atoms with Gasteiger partial charge < -0.3 is 4.90 Å². The lowest BCUT2D eigenvalue weighted by Gasteiger charge is -2.18. The molecule has 1 atom stereocenters. The van der Waals surface area contributed by atoms with Crippen LogP contribution in [0.25, 0.3) is 0 Å². The van der Waals surface area contributed by atoms with Gasteiger partial charge in [-0.1, -0.05) is 48.0 Å². The molecule has 0 aliphatic carbocycles. The summed E-state index contributed by atoms with van der Waals surface area (Å²) in [6.45, 7) is 2.03. The van der Waals surface area contributed by atoms with Gasteiger partial charge in [0.25, 0.3) is 5.91 Å². The number of hydrogen-bond donors (Lipinski definition) is 2. The van der Waals surface area contributed by atoms with Crippen molar-refractivity contribution < 1.29 is 22.8 Å². The first-order valence-electron chi connectivity index (χ1n) is 10.1. The van der Waals surface area contributed by atoms with Crippen molar-refractivity contribution in [1.29, 1.82) is 0 Å². The number of benzene rings is 2. The maximum Gasteiger partial charge on any atom is 0.253 e. The lowest BCUT2D eigenvalue weighted by Crippen LogP contribution is -2.48. The third-order valence-corrected chi connectivity index (χ3v) is 7.04. The first-order valence-corrected chi connectivity index (χ1v) is 11.5. The largest absolute Gasteiger partial charge is 0.338 e. The van der Waals surface area contributed by atoms with Crippen LogP contribution in [0.4, 0.5) is 0 Å². The Bertz CT molecular complexity index is 1090. The van der Waals surface area contributed by atoms with Gasteiger partial charge in [-0.05, 0) is 24.6 Å². The Labute approximate surface area is 187 Å². The quantitative estimate of drug-likeness (QED) is 0.596. The van der Waals surface area contributed by atoms with E-state index in [1.165, 1.54) is 19.2 Å². The first kappa shape index (κ1) is 23.4. The Morgan fingerprint density at radius 1 is 1.06 bits per heavy atom. The molecule has 1 heterocycles. The molecule has 2 aromatic carbocycles. The molecular formula is C22H26N4O5S. The fraction of sp³-hybridized carbons (Fsp3) is 0.318. The monoisotopic (exact) mass is 458 g/mol. The molecule has 9 nitrogen and oxygen atoms in total. The lowest BCUT2D eigenvalue weighted by atomic mass is 10.1. The van der Waals surface area contributed by atoms with Crippen LogP contribution in [-0.2, 0) is 31.0 Å². The van der Waals surface area contributed by atoms with Gasteiger partial charge in [0, 0.05) is 26.6 Å². The molecule has 2 N–H and O–H groups in total. The van der Waals surface area contributed by atoms with E-state index in [0.29, 0.717) is 6.54 Å². The number of carbonyl (C=O) groups is 3. The summed E-state index contributed by atoms with van der Waals surface area (Å²) < 4.78 is 26.0. The number of rotatable bonds is 7. The molecule has 0 bridgehead atoms. The van der Waals surface area contributed by atoms with Gasteiger partial charge in [-0.2, -0.15) is 4.31 Å². The van der Waals surface area contributed by atoms with E-state index < -0.39 is 34.3 Å². The van der Waals surface area contributed by atoms with Crippen molar-refractivity contribution in [3.05, 3.63) is 65.7 Å². The van der Waals surface area contributed by atoms with Crippen LogP contribution >= 0.6 is 0 Å². The summed E-state index contributed by atoms with van der Waals surface area (Å²) in [7, 11) is -2.56. The molecular weight excluding hydrogens is 432 g/mol. The third-order valence-electron chi connectivity index (χ3n) is 5.22. The number of hydrazine groups is 1. The van der Waals surface area contributed by atoms with E-state index in [1.54, 1.807) is 17.0 Å². The third kappa shape index (κ3) is 5.71. The minimum atomic E-state index is -3.84. The van der Waals surface area contributed by atoms with E-state index >= 15 is 0 Å². The van der Waals surface area contributed by atoms with Crippen LogP contribution in [0.3, 0.4) is 0 Å². The molecule has 0 saturated carbocycles. The number of likely N-dealkylation sites (N-methyl/N-ethyl adjacent to an activating group) is 1. The van der Waals surface area contributed by atoms with E-state index in [2.05, 4.69) is 10.9 Å². The standard InChI is InChI=1S/C22H26N4O5S/c1-16-8-10-19(11-9-16)32(30,31)25(2)15-20(27)23-24-22(29)18-12-21(28)26(14-18)13-17-6-4-3-5-7-17/h3-11,18H,12-15H2,1-2H3,(H,23,27)(H,24,29)/t18-/m1/s1. The van der Waals surface area contributed by atoms with Gasteiger partial charge in [-0.3, -0.25) is 25.2 Å². The highest BCUT2D eigenvalue weighted by Crippen LogP contribution is 2.20. The van der Waals surface area contributed by atoms with Gasteiger partial charge in [0.1, 0.15) is 0 Å². The first-order chi connectivity index (χ1) is 15.2. The highest BCUT2D eigenvalue weighted by Gasteiger charge is 2.34. The Morgan fingerprint density at radius 3 is 2.38 bits per heavy atom. The number of sulfonamides is 1. The van der Waals surface area contributed by atoms with Crippen LogP contribution in [0.15, 0.2) is 59.5 Å². The van der Waals surface area contributed by atoms with Crippen molar-refractivity contribution in [3.8, 4) is 0 Å². The average molecular weight is 459 g/mol. The van der Waals surface area contributed by atoms with Gasteiger partial charge in [0.05, 0.1) is 17.4 Å². The zero-order chi connectivity index (χ0) is 23.3. The Balaban J connectivity index is 1.48. The summed E-state index contributed by atoms with van der Waals surface area (Å²) in [4.78, 5) is 38.5. The van der Waals surface area contributed by atoms with Crippen LogP contribution in [0.5, 0.6) is 0 Å². The molecule has 3 amide bonds. The van der Waals surface area contributed by atoms with Crippen LogP contribution in [0.2, 0.25) is 0 Å². The van der Waals surface area contributed by atoms with Crippen molar-refractivity contribution in [2.24, 2.45) is 5.92 Å². The molecule has 0 radical (unpaired) electrons. The number of aryl methyl sites for hydroxylation is 1. The Kier molecular flexibility index (Phi) is 7.26. The summed E-state index contributed by atoms with van der Waals surface area (Å²) in [6, 6.07) is 15.7. The number of amides is 3. The number of hydrogen-bond acceptors (Lipinski definition) is 5. The average Bonchev–Trinajstić information content (AvgIpc) is 3.13. The molecule has 1 aliphatic heterocycles. The van der Waals surface area contributed by atoms with Crippen LogP contribution in [0.1, 0.15) is 17.5 Å². The second-order valence-corrected chi connectivity index (χ2v) is 9.82. The number of nitrogens with one attached hydrogen (secondary N) is 2. The maximum absolute atomic E-state index is 12.6. The number of nitrogens with zero attached hydrogens (tertiary/aromatic N) is 2. The van der Waals surface area contributed by atoms with E-state index in [4.69, 9.17) is 0 Å². The molecule has 1 fully saturated rings. The summed E-state index contributed by atoms with van der Waals surface area (Å²) in [6.07, 6.45) is 0.0518. The SMILES string of the molecule is Cc1ccc(S(=O)(=O)N(C)CC(=O)NNC(=O)[C@@H]2CC(=O)N(Cc3ccccc3)C2)cc1. The predicted octanol–water partition coefficient (Wildman–Crippen LogP) is 0.812. The van der Waals surface area contributed by atoms with E-state index in [1.807, 2.05) is 37.3 Å². The minimum absolute atomic E-state index is 0.0518. The fourth-order valence-corrected chi connectivity index (χ4v) is 4.48. The van der Waals surface area contributed by atoms with Crippen molar-refractivity contribution in [2.75, 3.05) is 20.1 Å². The van der Waals surface area contributed by atoms with Gasteiger partial charge >= 0.3 is 0 Å². The van der Waals surface area contributed by atoms with Gasteiger partial charge in [0.15, 0.2) is 0 Å². The second kappa shape index (κ2) is 9.92. The Hall–Kier alpha value is -3.24. The zero-order valence-electron chi connectivity index (χ0n) is 17.9. The molecule has 32 heavy (non-hydrogen) atoms. The van der Waals surface area contributed by atoms with Gasteiger partial charge in [0.2, 0.25) is 21.8 Å². The topological polar surface area (TPSA) is 116 Å². The summed E-state index contributed by atoms with van der Waals surface area (Å²) >= 11 is 0. The zero-order valence-corrected chi connectivity index (χ0v) is 18.8. The van der Waals surface area contributed by atoms with Gasteiger partial charge in [-0.15, -0.1) is 0 Å². The minimum Gasteiger partial charge on any atom is -0.338 e. The second-order valence-electron chi connectivity index (χ2n) is 7.77. The molecule has 0 spiro atoms. The van der Waals surface area contributed by atoms with Crippen LogP contribution in [-0.4, -0.2) is 55.5 Å². The Morgan fingerprint density at radius 2 is 1.72 bits per heavy atom. The maximum atomic E-state index is 12.6. The molecule has 170 valence electrons. The molecule has 1 saturated heterocycles. The highest BCUT2D eigenvalue weighted by molar-refractivity contribution is 7.89. The smallest absolute Gasteiger partial charge is 0.253 e. The highest BCUT2D eigenvalue weighted by atomic mass is 32.2. The number of carbonyl (C=O) groups excluding carboxylic acids is 3.